The molecule has 0 fully saturated rings. The highest BCUT2D eigenvalue weighted by Gasteiger charge is 2.09. The van der Waals surface area contributed by atoms with Crippen LogP contribution in [-0.2, 0) is 4.79 Å². The Bertz CT molecular complexity index is 451. The lowest BCUT2D eigenvalue weighted by atomic mass is 10.2. The third kappa shape index (κ3) is 3.81. The number of carbonyl (C=O) groups excluding carboxylic acids is 2. The van der Waals surface area contributed by atoms with E-state index in [4.69, 9.17) is 21.1 Å². The van der Waals surface area contributed by atoms with Gasteiger partial charge in [0.05, 0.1) is 12.8 Å². The summed E-state index contributed by atoms with van der Waals surface area (Å²) in [5.41, 5.74) is 0.451. The third-order valence-electron chi connectivity index (χ3n) is 1.98. The molecule has 0 radical (unpaired) electrons. The van der Waals surface area contributed by atoms with E-state index < -0.39 is 6.09 Å². The van der Waals surface area contributed by atoms with Gasteiger partial charge in [0.2, 0.25) is 5.91 Å². The molecule has 0 spiro atoms. The minimum Gasteiger partial charge on any atom is -0.494 e. The summed E-state index contributed by atoms with van der Waals surface area (Å²) < 4.78 is 10.0. The average Bonchev–Trinajstić information content (AvgIpc) is 2.39. The lowest BCUT2D eigenvalue weighted by Crippen LogP contribution is -2.22. The van der Waals surface area contributed by atoms with Gasteiger partial charge < -0.3 is 20.1 Å². The topological polar surface area (TPSA) is 76.7 Å². The summed E-state index contributed by atoms with van der Waals surface area (Å²) >= 11 is 5.39. The Morgan fingerprint density at radius 1 is 1.39 bits per heavy atom. The number of anilines is 1. The Labute approximate surface area is 109 Å². The predicted octanol–water partition coefficient (Wildman–Crippen LogP) is 1.59. The lowest BCUT2D eigenvalue weighted by molar-refractivity contribution is -0.113. The van der Waals surface area contributed by atoms with Crippen molar-refractivity contribution < 1.29 is 19.1 Å². The maximum atomic E-state index is 11.2. The van der Waals surface area contributed by atoms with Crippen LogP contribution < -0.4 is 20.1 Å². The number of amides is 2. The second-order valence-electron chi connectivity index (χ2n) is 3.18. The van der Waals surface area contributed by atoms with Crippen LogP contribution in [0.25, 0.3) is 0 Å². The fourth-order valence-electron chi connectivity index (χ4n) is 1.18. The van der Waals surface area contributed by atoms with Crippen molar-refractivity contribution >= 4 is 29.3 Å². The zero-order chi connectivity index (χ0) is 13.5. The Kier molecular flexibility index (Phi) is 5.26. The predicted molar refractivity (Wildman–Crippen MR) is 67.4 cm³/mol. The molecule has 1 aromatic carbocycles. The molecule has 2 N–H and O–H groups in total. The second kappa shape index (κ2) is 6.70. The highest BCUT2D eigenvalue weighted by molar-refractivity contribution is 6.29. The van der Waals surface area contributed by atoms with Crippen molar-refractivity contribution in [2.24, 2.45) is 0 Å². The van der Waals surface area contributed by atoms with Crippen molar-refractivity contribution in [2.45, 2.75) is 0 Å². The van der Waals surface area contributed by atoms with Crippen molar-refractivity contribution in [3.8, 4) is 11.5 Å². The Morgan fingerprint density at radius 3 is 2.67 bits per heavy atom. The molecule has 0 aromatic heterocycles. The minimum absolute atomic E-state index is 0.153. The summed E-state index contributed by atoms with van der Waals surface area (Å²) in [4.78, 5) is 22.2. The number of ether oxygens (including phenoxy) is 2. The van der Waals surface area contributed by atoms with Crippen molar-refractivity contribution in [2.75, 3.05) is 25.4 Å². The zero-order valence-electron chi connectivity index (χ0n) is 9.95. The van der Waals surface area contributed by atoms with Crippen molar-refractivity contribution in [1.82, 2.24) is 5.32 Å². The first-order valence-corrected chi connectivity index (χ1v) is 5.57. The molecule has 0 unspecified atom stereocenters. The fourth-order valence-corrected chi connectivity index (χ4v) is 1.25. The van der Waals surface area contributed by atoms with E-state index in [2.05, 4.69) is 10.6 Å². The quantitative estimate of drug-likeness (QED) is 0.816. The van der Waals surface area contributed by atoms with Crippen LogP contribution in [0.4, 0.5) is 10.5 Å². The molecule has 6 nitrogen and oxygen atoms in total. The van der Waals surface area contributed by atoms with Gasteiger partial charge in [-0.1, -0.05) is 0 Å². The maximum Gasteiger partial charge on any atom is 0.412 e. The van der Waals surface area contributed by atoms with E-state index in [-0.39, 0.29) is 11.8 Å². The van der Waals surface area contributed by atoms with Gasteiger partial charge in [0.1, 0.15) is 17.4 Å². The van der Waals surface area contributed by atoms with Gasteiger partial charge in [0.25, 0.3) is 0 Å². The number of rotatable bonds is 4. The number of alkyl halides is 1. The summed E-state index contributed by atoms with van der Waals surface area (Å²) in [7, 11) is 2.89. The number of hydrogen-bond acceptors (Lipinski definition) is 4. The van der Waals surface area contributed by atoms with Crippen molar-refractivity contribution in [1.29, 1.82) is 0 Å². The van der Waals surface area contributed by atoms with Crippen molar-refractivity contribution in [3.63, 3.8) is 0 Å². The molecule has 7 heteroatoms. The molecule has 0 aliphatic heterocycles. The number of benzene rings is 1. The first-order chi connectivity index (χ1) is 8.60. The minimum atomic E-state index is -0.588. The van der Waals surface area contributed by atoms with Crippen LogP contribution in [0.15, 0.2) is 18.2 Å². The van der Waals surface area contributed by atoms with E-state index in [1.165, 1.54) is 26.3 Å². The molecule has 0 saturated heterocycles. The third-order valence-corrected chi connectivity index (χ3v) is 2.23. The van der Waals surface area contributed by atoms with E-state index in [9.17, 15) is 9.59 Å². The first-order valence-electron chi connectivity index (χ1n) is 5.04. The number of carbonyl (C=O) groups is 2. The van der Waals surface area contributed by atoms with Gasteiger partial charge in [-0.15, -0.1) is 11.6 Å². The van der Waals surface area contributed by atoms with Crippen LogP contribution in [0.1, 0.15) is 0 Å². The maximum absolute atomic E-state index is 11.2. The van der Waals surface area contributed by atoms with Gasteiger partial charge in [-0.2, -0.15) is 0 Å². The van der Waals surface area contributed by atoms with Crippen LogP contribution in [0.5, 0.6) is 11.5 Å². The molecule has 2 amide bonds. The fraction of sp³-hybridized carbons (Fsp3) is 0.273. The Hall–Kier alpha value is -1.95. The molecule has 18 heavy (non-hydrogen) atoms. The molecule has 0 bridgehead atoms. The molecular formula is C11H13ClN2O4. The summed E-state index contributed by atoms with van der Waals surface area (Å²) in [5, 5.41) is 4.87. The highest BCUT2D eigenvalue weighted by Crippen LogP contribution is 2.29. The van der Waals surface area contributed by atoms with Crippen molar-refractivity contribution in [3.05, 3.63) is 18.2 Å². The van der Waals surface area contributed by atoms with Gasteiger partial charge in [-0.05, 0) is 12.1 Å². The molecule has 0 aliphatic carbocycles. The van der Waals surface area contributed by atoms with Gasteiger partial charge in [0, 0.05) is 13.1 Å². The van der Waals surface area contributed by atoms with Gasteiger partial charge >= 0.3 is 6.09 Å². The molecule has 0 heterocycles. The lowest BCUT2D eigenvalue weighted by Gasteiger charge is -2.11. The summed E-state index contributed by atoms with van der Waals surface area (Å²) in [6.07, 6.45) is -0.588. The number of halogens is 1. The zero-order valence-corrected chi connectivity index (χ0v) is 10.7. The largest absolute Gasteiger partial charge is 0.494 e. The molecule has 1 aromatic rings. The monoisotopic (exact) mass is 272 g/mol. The summed E-state index contributed by atoms with van der Waals surface area (Å²) in [5.74, 6) is 0.166. The van der Waals surface area contributed by atoms with Crippen LogP contribution in [-0.4, -0.2) is 32.0 Å². The SMILES string of the molecule is CNC(=O)Oc1ccc(NC(=O)CCl)c(OC)c1. The van der Waals surface area contributed by atoms with E-state index in [0.29, 0.717) is 17.2 Å². The van der Waals surface area contributed by atoms with Gasteiger partial charge in [-0.25, -0.2) is 4.79 Å². The van der Waals surface area contributed by atoms with Crippen LogP contribution >= 0.6 is 11.6 Å². The molecule has 1 rings (SSSR count). The highest BCUT2D eigenvalue weighted by atomic mass is 35.5. The van der Waals surface area contributed by atoms with Crippen LogP contribution in [0.3, 0.4) is 0 Å². The van der Waals surface area contributed by atoms with E-state index >= 15 is 0 Å². The standard InChI is InChI=1S/C11H13ClN2O4/c1-13-11(16)18-7-3-4-8(9(5-7)17-2)14-10(15)6-12/h3-5H,6H2,1-2H3,(H,13,16)(H,14,15). The smallest absolute Gasteiger partial charge is 0.412 e. The molecule has 98 valence electrons. The summed E-state index contributed by atoms with van der Waals surface area (Å²) in [6.45, 7) is 0. The van der Waals surface area contributed by atoms with Crippen LogP contribution in [0, 0.1) is 0 Å². The molecule has 0 saturated carbocycles. The van der Waals surface area contributed by atoms with Crippen LogP contribution in [0.2, 0.25) is 0 Å². The summed E-state index contributed by atoms with van der Waals surface area (Å²) in [6, 6.07) is 4.57. The first kappa shape index (κ1) is 14.1. The van der Waals surface area contributed by atoms with Gasteiger partial charge in [-0.3, -0.25) is 4.79 Å². The van der Waals surface area contributed by atoms with E-state index in [0.717, 1.165) is 0 Å². The number of methoxy groups -OCH3 is 1. The molecule has 0 atom stereocenters. The number of hydrogen-bond donors (Lipinski definition) is 2. The Balaban J connectivity index is 2.89. The normalized spacial score (nSPS) is 9.50. The number of nitrogens with one attached hydrogen (secondary N) is 2. The molecular weight excluding hydrogens is 260 g/mol. The second-order valence-corrected chi connectivity index (χ2v) is 3.45. The Morgan fingerprint density at radius 2 is 2.11 bits per heavy atom. The van der Waals surface area contributed by atoms with E-state index in [1.54, 1.807) is 6.07 Å². The molecule has 0 aliphatic rings. The van der Waals surface area contributed by atoms with E-state index in [1.807, 2.05) is 0 Å². The average molecular weight is 273 g/mol. The van der Waals surface area contributed by atoms with Gasteiger partial charge in [0.15, 0.2) is 0 Å².